The quantitative estimate of drug-likeness (QED) is 0.804. The molecule has 2 aromatic rings. The number of nitrogens with zero attached hydrogens (tertiary/aromatic N) is 4. The number of anilines is 1. The number of amides is 4. The number of aryl methyl sites for hydroxylation is 1. The van der Waals surface area contributed by atoms with Crippen LogP contribution in [0, 0.1) is 18.7 Å². The molecule has 4 amide bonds. The van der Waals surface area contributed by atoms with Crippen LogP contribution in [-0.4, -0.2) is 50.4 Å². The van der Waals surface area contributed by atoms with Gasteiger partial charge < -0.3 is 14.7 Å². The molecule has 2 unspecified atom stereocenters. The lowest BCUT2D eigenvalue weighted by molar-refractivity contribution is -0.142. The van der Waals surface area contributed by atoms with E-state index in [0.29, 0.717) is 24.4 Å². The van der Waals surface area contributed by atoms with Crippen LogP contribution < -0.4 is 5.32 Å². The maximum atomic E-state index is 13.1. The zero-order chi connectivity index (χ0) is 21.3. The van der Waals surface area contributed by atoms with Crippen molar-refractivity contribution in [1.82, 2.24) is 19.9 Å². The third-order valence-electron chi connectivity index (χ3n) is 5.49. The summed E-state index contributed by atoms with van der Waals surface area (Å²) < 4.78 is 18.1. The molecule has 0 radical (unpaired) electrons. The summed E-state index contributed by atoms with van der Waals surface area (Å²) in [6.07, 6.45) is 3.11. The van der Waals surface area contributed by atoms with Gasteiger partial charge in [-0.2, -0.15) is 4.98 Å². The Hall–Kier alpha value is -3.30. The second-order valence-electron chi connectivity index (χ2n) is 7.58. The molecule has 2 heterocycles. The first-order chi connectivity index (χ1) is 14.4. The summed E-state index contributed by atoms with van der Waals surface area (Å²) in [5.74, 6) is -0.876. The summed E-state index contributed by atoms with van der Waals surface area (Å²) in [4.78, 5) is 45.3. The second-order valence-corrected chi connectivity index (χ2v) is 7.58. The molecule has 1 saturated carbocycles. The minimum atomic E-state index is -0.548. The van der Waals surface area contributed by atoms with E-state index in [1.54, 1.807) is 6.92 Å². The number of benzene rings is 1. The molecule has 1 aromatic heterocycles. The maximum Gasteiger partial charge on any atom is 0.327 e. The van der Waals surface area contributed by atoms with Crippen molar-refractivity contribution < 1.29 is 23.3 Å². The first-order valence-corrected chi connectivity index (χ1v) is 9.89. The molecular weight excluding hydrogens is 393 g/mol. The first-order valence-electron chi connectivity index (χ1n) is 9.89. The number of hydrogen-bond acceptors (Lipinski definition) is 6. The standard InChI is InChI=1S/C20H22FN5O4/c1-12-22-18(30-24-12)11-26-19(28)15-4-2-3-5-16(15)25(20(26)29)10-17(27)23-14-8-6-13(21)7-9-14/h6-9,15-16H,2-5,10-11H2,1H3,(H,23,27). The monoisotopic (exact) mass is 415 g/mol. The summed E-state index contributed by atoms with van der Waals surface area (Å²) in [5.41, 5.74) is 0.431. The van der Waals surface area contributed by atoms with Crippen molar-refractivity contribution in [3.8, 4) is 0 Å². The number of urea groups is 1. The molecule has 2 fully saturated rings. The lowest BCUT2D eigenvalue weighted by Gasteiger charge is -2.46. The number of hydrogen-bond donors (Lipinski definition) is 1. The van der Waals surface area contributed by atoms with E-state index in [1.807, 2.05) is 0 Å². The highest BCUT2D eigenvalue weighted by Crippen LogP contribution is 2.35. The molecule has 0 bridgehead atoms. The highest BCUT2D eigenvalue weighted by molar-refractivity contribution is 6.01. The molecule has 1 aliphatic carbocycles. The van der Waals surface area contributed by atoms with E-state index >= 15 is 0 Å². The third-order valence-corrected chi connectivity index (χ3v) is 5.49. The summed E-state index contributed by atoms with van der Waals surface area (Å²) in [7, 11) is 0. The Bertz CT molecular complexity index is 960. The van der Waals surface area contributed by atoms with Gasteiger partial charge in [0, 0.05) is 11.7 Å². The molecular formula is C20H22FN5O4. The zero-order valence-corrected chi connectivity index (χ0v) is 16.5. The Labute approximate surface area is 172 Å². The molecule has 9 nitrogen and oxygen atoms in total. The SMILES string of the molecule is Cc1noc(CN2C(=O)C3CCCCC3N(CC(=O)Nc3ccc(F)cc3)C2=O)n1. The highest BCUT2D eigenvalue weighted by Gasteiger charge is 2.47. The molecule has 158 valence electrons. The van der Waals surface area contributed by atoms with Gasteiger partial charge in [0.05, 0.1) is 5.92 Å². The Morgan fingerprint density at radius 3 is 2.67 bits per heavy atom. The normalized spacial score (nSPS) is 21.5. The van der Waals surface area contributed by atoms with Gasteiger partial charge >= 0.3 is 6.03 Å². The van der Waals surface area contributed by atoms with E-state index in [-0.39, 0.29) is 36.8 Å². The largest absolute Gasteiger partial charge is 0.337 e. The number of rotatable bonds is 5. The van der Waals surface area contributed by atoms with Crippen LogP contribution in [0.3, 0.4) is 0 Å². The number of carbonyl (C=O) groups excluding carboxylic acids is 3. The van der Waals surface area contributed by atoms with Gasteiger partial charge in [0.1, 0.15) is 18.9 Å². The topological polar surface area (TPSA) is 109 Å². The van der Waals surface area contributed by atoms with Gasteiger partial charge in [-0.15, -0.1) is 0 Å². The molecule has 10 heteroatoms. The van der Waals surface area contributed by atoms with Crippen molar-refractivity contribution in [3.05, 3.63) is 41.8 Å². The van der Waals surface area contributed by atoms with Crippen molar-refractivity contribution >= 4 is 23.5 Å². The molecule has 1 N–H and O–H groups in total. The van der Waals surface area contributed by atoms with E-state index in [0.717, 1.165) is 17.7 Å². The summed E-state index contributed by atoms with van der Waals surface area (Å²) in [6, 6.07) is 4.51. The Balaban J connectivity index is 1.52. The van der Waals surface area contributed by atoms with Crippen molar-refractivity contribution in [2.45, 2.75) is 45.2 Å². The van der Waals surface area contributed by atoms with Crippen LogP contribution in [0.1, 0.15) is 37.4 Å². The van der Waals surface area contributed by atoms with Crippen molar-refractivity contribution in [1.29, 1.82) is 0 Å². The van der Waals surface area contributed by atoms with Crippen LogP contribution in [0.15, 0.2) is 28.8 Å². The van der Waals surface area contributed by atoms with Gasteiger partial charge in [0.2, 0.25) is 17.7 Å². The summed E-state index contributed by atoms with van der Waals surface area (Å²) >= 11 is 0. The molecule has 1 aliphatic heterocycles. The maximum absolute atomic E-state index is 13.1. The number of imide groups is 1. The van der Waals surface area contributed by atoms with Gasteiger partial charge in [0.15, 0.2) is 5.82 Å². The first kappa shape index (κ1) is 20.0. The molecule has 2 atom stereocenters. The fraction of sp³-hybridized carbons (Fsp3) is 0.450. The minimum absolute atomic E-state index is 0.127. The van der Waals surface area contributed by atoms with E-state index in [2.05, 4.69) is 15.5 Å². The van der Waals surface area contributed by atoms with Crippen molar-refractivity contribution in [2.75, 3.05) is 11.9 Å². The van der Waals surface area contributed by atoms with Gasteiger partial charge in [-0.25, -0.2) is 9.18 Å². The number of aromatic nitrogens is 2. The molecule has 1 saturated heterocycles. The van der Waals surface area contributed by atoms with Gasteiger partial charge in [-0.05, 0) is 44.0 Å². The van der Waals surface area contributed by atoms with Crippen molar-refractivity contribution in [2.24, 2.45) is 5.92 Å². The molecule has 0 spiro atoms. The van der Waals surface area contributed by atoms with Crippen LogP contribution >= 0.6 is 0 Å². The fourth-order valence-electron chi connectivity index (χ4n) is 4.12. The number of fused-ring (bicyclic) bond motifs is 1. The van der Waals surface area contributed by atoms with Crippen LogP contribution in [0.5, 0.6) is 0 Å². The Kier molecular flexibility index (Phi) is 5.47. The highest BCUT2D eigenvalue weighted by atomic mass is 19.1. The van der Waals surface area contributed by atoms with E-state index in [4.69, 9.17) is 4.52 Å². The smallest absolute Gasteiger partial charge is 0.327 e. The molecule has 2 aliphatic rings. The van der Waals surface area contributed by atoms with Gasteiger partial charge in [-0.3, -0.25) is 14.5 Å². The minimum Gasteiger partial charge on any atom is -0.337 e. The molecule has 30 heavy (non-hydrogen) atoms. The number of halogens is 1. The number of nitrogens with one attached hydrogen (secondary N) is 1. The average molecular weight is 415 g/mol. The third kappa shape index (κ3) is 4.03. The van der Waals surface area contributed by atoms with Crippen LogP contribution in [0.25, 0.3) is 0 Å². The lowest BCUT2D eigenvalue weighted by Crippen LogP contribution is -2.63. The zero-order valence-electron chi connectivity index (χ0n) is 16.5. The van der Waals surface area contributed by atoms with E-state index in [1.165, 1.54) is 29.2 Å². The number of carbonyl (C=O) groups is 3. The van der Waals surface area contributed by atoms with E-state index in [9.17, 15) is 18.8 Å². The average Bonchev–Trinajstić information content (AvgIpc) is 3.15. The predicted octanol–water partition coefficient (Wildman–Crippen LogP) is 2.48. The van der Waals surface area contributed by atoms with Crippen LogP contribution in [-0.2, 0) is 16.1 Å². The van der Waals surface area contributed by atoms with Crippen LogP contribution in [0.2, 0.25) is 0 Å². The fourth-order valence-corrected chi connectivity index (χ4v) is 4.12. The lowest BCUT2D eigenvalue weighted by atomic mass is 9.81. The van der Waals surface area contributed by atoms with E-state index < -0.39 is 17.8 Å². The Morgan fingerprint density at radius 1 is 1.23 bits per heavy atom. The van der Waals surface area contributed by atoms with Crippen LogP contribution in [0.4, 0.5) is 14.9 Å². The summed E-state index contributed by atoms with van der Waals surface area (Å²) in [5, 5.41) is 6.36. The molecule has 4 rings (SSSR count). The second kappa shape index (κ2) is 8.21. The van der Waals surface area contributed by atoms with Gasteiger partial charge in [0.25, 0.3) is 0 Å². The predicted molar refractivity (Wildman–Crippen MR) is 102 cm³/mol. The van der Waals surface area contributed by atoms with Gasteiger partial charge in [-0.1, -0.05) is 18.0 Å². The molecule has 1 aromatic carbocycles. The summed E-state index contributed by atoms with van der Waals surface area (Å²) in [6.45, 7) is 1.32. The van der Waals surface area contributed by atoms with Crippen molar-refractivity contribution in [3.63, 3.8) is 0 Å². The Morgan fingerprint density at radius 2 is 1.97 bits per heavy atom.